The Labute approximate surface area is 168 Å². The summed E-state index contributed by atoms with van der Waals surface area (Å²) in [7, 11) is -3.45. The van der Waals surface area contributed by atoms with Crippen molar-refractivity contribution in [3.8, 4) is 11.5 Å². The number of fused-ring (bicyclic) bond motifs is 3. The third-order valence-corrected chi connectivity index (χ3v) is 8.89. The minimum atomic E-state index is -3.45. The Hall–Kier alpha value is -1.31. The molecule has 28 heavy (non-hydrogen) atoms. The van der Waals surface area contributed by atoms with Crippen LogP contribution < -0.4 is 9.47 Å². The summed E-state index contributed by atoms with van der Waals surface area (Å²) in [5.41, 5.74) is 2.29. The summed E-state index contributed by atoms with van der Waals surface area (Å²) in [4.78, 5) is 0. The molecule has 1 aliphatic carbocycles. The largest absolute Gasteiger partial charge is 0.486 e. The molecule has 3 aliphatic heterocycles. The van der Waals surface area contributed by atoms with Crippen LogP contribution in [0.2, 0.25) is 0 Å². The minimum Gasteiger partial charge on any atom is -0.486 e. The van der Waals surface area contributed by atoms with E-state index in [1.165, 1.54) is 5.56 Å². The fourth-order valence-corrected chi connectivity index (χ4v) is 7.43. The Morgan fingerprint density at radius 3 is 2.46 bits per heavy atom. The van der Waals surface area contributed by atoms with Gasteiger partial charge in [0.05, 0.1) is 0 Å². The summed E-state index contributed by atoms with van der Waals surface area (Å²) in [6, 6.07) is 4.17. The second-order valence-electron chi connectivity index (χ2n) is 9.02. The fraction of sp³-hybridized carbons (Fsp3) is 0.714. The quantitative estimate of drug-likeness (QED) is 0.757. The number of ether oxygens (including phenoxy) is 2. The summed E-state index contributed by atoms with van der Waals surface area (Å²) in [5.74, 6) is 2.00. The van der Waals surface area contributed by atoms with Crippen LogP contribution in [0.5, 0.6) is 11.5 Å². The maximum absolute atomic E-state index is 13.5. The smallest absolute Gasteiger partial charge is 0.282 e. The highest BCUT2D eigenvalue weighted by molar-refractivity contribution is 7.86. The van der Waals surface area contributed by atoms with Crippen LogP contribution in [0, 0.1) is 5.92 Å². The van der Waals surface area contributed by atoms with Crippen LogP contribution in [0.25, 0.3) is 0 Å². The van der Waals surface area contributed by atoms with Crippen molar-refractivity contribution < 1.29 is 17.9 Å². The molecule has 0 aromatic heterocycles. The number of rotatable bonds is 2. The van der Waals surface area contributed by atoms with E-state index in [9.17, 15) is 8.42 Å². The highest BCUT2D eigenvalue weighted by Crippen LogP contribution is 2.49. The van der Waals surface area contributed by atoms with Crippen LogP contribution in [-0.2, 0) is 22.2 Å². The van der Waals surface area contributed by atoms with Crippen LogP contribution in [-0.4, -0.2) is 49.9 Å². The SMILES string of the molecule is CC1CCCN(S(=O)(=O)N2Cc3cc4c(cc3C3(CCCC3)C2)OCCO4)C1. The first-order chi connectivity index (χ1) is 13.5. The number of hydrogen-bond donors (Lipinski definition) is 0. The van der Waals surface area contributed by atoms with Crippen molar-refractivity contribution >= 4 is 10.2 Å². The maximum atomic E-state index is 13.5. The van der Waals surface area contributed by atoms with Gasteiger partial charge >= 0.3 is 0 Å². The third kappa shape index (κ3) is 3.02. The molecule has 4 aliphatic rings. The van der Waals surface area contributed by atoms with Crippen molar-refractivity contribution in [2.24, 2.45) is 5.92 Å². The van der Waals surface area contributed by atoms with Crippen molar-refractivity contribution in [3.05, 3.63) is 23.3 Å². The molecule has 5 rings (SSSR count). The lowest BCUT2D eigenvalue weighted by Crippen LogP contribution is -2.53. The first-order valence-electron chi connectivity index (χ1n) is 10.7. The van der Waals surface area contributed by atoms with Crippen LogP contribution in [0.1, 0.15) is 56.6 Å². The predicted octanol–water partition coefficient (Wildman–Crippen LogP) is 3.06. The summed E-state index contributed by atoms with van der Waals surface area (Å²) in [6.07, 6.45) is 6.46. The first kappa shape index (κ1) is 18.7. The molecule has 1 unspecified atom stereocenters. The van der Waals surface area contributed by atoms with Gasteiger partial charge in [-0.2, -0.15) is 17.0 Å². The highest BCUT2D eigenvalue weighted by atomic mass is 32.2. The first-order valence-corrected chi connectivity index (χ1v) is 12.1. The Morgan fingerprint density at radius 1 is 1.04 bits per heavy atom. The van der Waals surface area contributed by atoms with Crippen molar-refractivity contribution in [1.82, 2.24) is 8.61 Å². The average molecular weight is 407 g/mol. The zero-order valence-corrected chi connectivity index (χ0v) is 17.5. The molecule has 1 atom stereocenters. The van der Waals surface area contributed by atoms with E-state index in [1.54, 1.807) is 8.61 Å². The Bertz CT molecular complexity index is 863. The van der Waals surface area contributed by atoms with Gasteiger partial charge in [-0.3, -0.25) is 0 Å². The molecule has 0 amide bonds. The van der Waals surface area contributed by atoms with Gasteiger partial charge in [-0.05, 0) is 54.9 Å². The van der Waals surface area contributed by atoms with Gasteiger partial charge in [-0.15, -0.1) is 0 Å². The lowest BCUT2D eigenvalue weighted by Gasteiger charge is -2.44. The van der Waals surface area contributed by atoms with Crippen molar-refractivity contribution in [2.45, 2.75) is 57.4 Å². The molecule has 3 heterocycles. The molecular formula is C21H30N2O4S. The summed E-state index contributed by atoms with van der Waals surface area (Å²) in [5, 5.41) is 0. The Balaban J connectivity index is 1.53. The number of hydrogen-bond acceptors (Lipinski definition) is 4. The van der Waals surface area contributed by atoms with Crippen LogP contribution >= 0.6 is 0 Å². The van der Waals surface area contributed by atoms with E-state index >= 15 is 0 Å². The van der Waals surface area contributed by atoms with Crippen LogP contribution in [0.3, 0.4) is 0 Å². The van der Waals surface area contributed by atoms with Crippen molar-refractivity contribution in [2.75, 3.05) is 32.8 Å². The topological polar surface area (TPSA) is 59.1 Å². The maximum Gasteiger partial charge on any atom is 0.282 e. The van der Waals surface area contributed by atoms with E-state index in [4.69, 9.17) is 9.47 Å². The number of piperidine rings is 1. The standard InChI is InChI=1S/C21H30N2O4S/c1-16-5-4-8-22(13-16)28(24,25)23-14-17-11-19-20(27-10-9-26-19)12-18(17)21(15-23)6-2-3-7-21/h11-12,16H,2-10,13-15H2,1H3. The Morgan fingerprint density at radius 2 is 1.75 bits per heavy atom. The number of nitrogens with zero attached hydrogens (tertiary/aromatic N) is 2. The van der Waals surface area contributed by atoms with Gasteiger partial charge in [0.1, 0.15) is 13.2 Å². The molecule has 154 valence electrons. The van der Waals surface area contributed by atoms with Gasteiger partial charge in [0.25, 0.3) is 10.2 Å². The predicted molar refractivity (Wildman–Crippen MR) is 107 cm³/mol. The third-order valence-electron chi connectivity index (χ3n) is 7.00. The molecule has 0 N–H and O–H groups in total. The van der Waals surface area contributed by atoms with Crippen LogP contribution in [0.4, 0.5) is 0 Å². The normalized spacial score (nSPS) is 27.7. The van der Waals surface area contributed by atoms with Gasteiger partial charge in [-0.1, -0.05) is 19.8 Å². The van der Waals surface area contributed by atoms with Gasteiger partial charge in [0, 0.05) is 31.6 Å². The van der Waals surface area contributed by atoms with Gasteiger partial charge in [0.2, 0.25) is 0 Å². The van der Waals surface area contributed by atoms with E-state index in [-0.39, 0.29) is 5.41 Å². The molecule has 7 heteroatoms. The molecule has 2 fully saturated rings. The second kappa shape index (κ2) is 6.89. The monoisotopic (exact) mass is 406 g/mol. The van der Waals surface area contributed by atoms with Crippen LogP contribution in [0.15, 0.2) is 12.1 Å². The van der Waals surface area contributed by atoms with E-state index < -0.39 is 10.2 Å². The van der Waals surface area contributed by atoms with Gasteiger partial charge in [-0.25, -0.2) is 0 Å². The summed E-state index contributed by atoms with van der Waals surface area (Å²) in [6.45, 7) is 5.57. The average Bonchev–Trinajstić information content (AvgIpc) is 3.15. The molecule has 6 nitrogen and oxygen atoms in total. The summed E-state index contributed by atoms with van der Waals surface area (Å²) < 4.78 is 42.1. The van der Waals surface area contributed by atoms with E-state index in [0.29, 0.717) is 45.3 Å². The molecule has 0 bridgehead atoms. The van der Waals surface area contributed by atoms with E-state index in [0.717, 1.165) is 55.6 Å². The van der Waals surface area contributed by atoms with Gasteiger partial charge in [0.15, 0.2) is 11.5 Å². The fourth-order valence-electron chi connectivity index (χ4n) is 5.59. The molecule has 1 aromatic rings. The van der Waals surface area contributed by atoms with E-state index in [2.05, 4.69) is 13.0 Å². The highest BCUT2D eigenvalue weighted by Gasteiger charge is 2.47. The lowest BCUT2D eigenvalue weighted by molar-refractivity contribution is 0.169. The zero-order chi connectivity index (χ0) is 19.4. The van der Waals surface area contributed by atoms with Gasteiger partial charge < -0.3 is 9.47 Å². The molecular weight excluding hydrogens is 376 g/mol. The van der Waals surface area contributed by atoms with E-state index in [1.807, 2.05) is 6.07 Å². The summed E-state index contributed by atoms with van der Waals surface area (Å²) >= 11 is 0. The second-order valence-corrected chi connectivity index (χ2v) is 11.0. The molecule has 1 spiro atoms. The zero-order valence-electron chi connectivity index (χ0n) is 16.7. The minimum absolute atomic E-state index is 0.0854. The number of benzene rings is 1. The molecule has 1 aromatic carbocycles. The van der Waals surface area contributed by atoms with Crippen molar-refractivity contribution in [1.29, 1.82) is 0 Å². The van der Waals surface area contributed by atoms with Crippen molar-refractivity contribution in [3.63, 3.8) is 0 Å². The Kier molecular flexibility index (Phi) is 4.60. The molecule has 1 saturated heterocycles. The molecule has 0 radical (unpaired) electrons. The lowest BCUT2D eigenvalue weighted by atomic mass is 9.74. The molecule has 1 saturated carbocycles.